The topological polar surface area (TPSA) is 55.8 Å². The van der Waals surface area contributed by atoms with Crippen LogP contribution in [0.25, 0.3) is 0 Å². The number of ether oxygens (including phenoxy) is 2. The fraction of sp³-hybridized carbons (Fsp3) is 0.263. The zero-order valence-electron chi connectivity index (χ0n) is 14.1. The van der Waals surface area contributed by atoms with Crippen molar-refractivity contribution in [2.24, 2.45) is 0 Å². The average Bonchev–Trinajstić information content (AvgIpc) is 3.04. The number of rotatable bonds is 5. The molecule has 1 aliphatic heterocycles. The molecule has 3 rings (SSSR count). The van der Waals surface area contributed by atoms with Gasteiger partial charge >= 0.3 is 5.97 Å². The molecular formula is C19H17Cl2NO4. The van der Waals surface area contributed by atoms with Gasteiger partial charge in [0.1, 0.15) is 5.75 Å². The van der Waals surface area contributed by atoms with Gasteiger partial charge in [-0.3, -0.25) is 4.79 Å². The Morgan fingerprint density at radius 3 is 2.73 bits per heavy atom. The molecule has 0 radical (unpaired) electrons. The van der Waals surface area contributed by atoms with Crippen molar-refractivity contribution >= 4 is 40.8 Å². The summed E-state index contributed by atoms with van der Waals surface area (Å²) in [5.74, 6) is -0.586. The number of halogens is 2. The zero-order valence-corrected chi connectivity index (χ0v) is 15.6. The average molecular weight is 394 g/mol. The second-order valence-electron chi connectivity index (χ2n) is 5.86. The van der Waals surface area contributed by atoms with Crippen LogP contribution in [-0.2, 0) is 20.7 Å². The Kier molecular flexibility index (Phi) is 5.69. The SMILES string of the molecule is C[C@@H](OC(=O)COc1ccc(Cl)cc1Cl)C(=O)N1CCc2ccccc21. The lowest BCUT2D eigenvalue weighted by atomic mass is 10.2. The van der Waals surface area contributed by atoms with E-state index in [1.54, 1.807) is 24.0 Å². The molecule has 0 saturated heterocycles. The Labute approximate surface area is 161 Å². The van der Waals surface area contributed by atoms with Crippen molar-refractivity contribution in [3.8, 4) is 5.75 Å². The van der Waals surface area contributed by atoms with Gasteiger partial charge in [0.15, 0.2) is 12.7 Å². The minimum atomic E-state index is -0.905. The molecule has 0 spiro atoms. The maximum absolute atomic E-state index is 12.6. The van der Waals surface area contributed by atoms with Crippen molar-refractivity contribution in [1.82, 2.24) is 0 Å². The molecule has 7 heteroatoms. The van der Waals surface area contributed by atoms with E-state index in [1.807, 2.05) is 24.3 Å². The zero-order chi connectivity index (χ0) is 18.7. The van der Waals surface area contributed by atoms with E-state index in [1.165, 1.54) is 6.07 Å². The van der Waals surface area contributed by atoms with Crippen LogP contribution in [0.3, 0.4) is 0 Å². The van der Waals surface area contributed by atoms with Crippen molar-refractivity contribution < 1.29 is 19.1 Å². The summed E-state index contributed by atoms with van der Waals surface area (Å²) in [5.41, 5.74) is 1.98. The third-order valence-corrected chi connectivity index (χ3v) is 4.58. The number of carbonyl (C=O) groups is 2. The first-order valence-electron chi connectivity index (χ1n) is 8.12. The molecule has 136 valence electrons. The molecule has 0 unspecified atom stereocenters. The van der Waals surface area contributed by atoms with Crippen LogP contribution in [0.15, 0.2) is 42.5 Å². The fourth-order valence-electron chi connectivity index (χ4n) is 2.80. The maximum Gasteiger partial charge on any atom is 0.344 e. The molecule has 0 fully saturated rings. The lowest BCUT2D eigenvalue weighted by Gasteiger charge is -2.21. The van der Waals surface area contributed by atoms with Crippen LogP contribution in [0.1, 0.15) is 12.5 Å². The molecule has 0 aromatic heterocycles. The van der Waals surface area contributed by atoms with Crippen LogP contribution < -0.4 is 9.64 Å². The smallest absolute Gasteiger partial charge is 0.344 e. The first-order valence-corrected chi connectivity index (χ1v) is 8.88. The van der Waals surface area contributed by atoms with Crippen molar-refractivity contribution in [2.75, 3.05) is 18.1 Å². The van der Waals surface area contributed by atoms with Crippen LogP contribution >= 0.6 is 23.2 Å². The molecule has 0 saturated carbocycles. The number of anilines is 1. The molecule has 0 N–H and O–H groups in total. The van der Waals surface area contributed by atoms with Gasteiger partial charge in [-0.1, -0.05) is 41.4 Å². The van der Waals surface area contributed by atoms with E-state index in [0.29, 0.717) is 22.3 Å². The van der Waals surface area contributed by atoms with Crippen molar-refractivity contribution in [2.45, 2.75) is 19.4 Å². The highest BCUT2D eigenvalue weighted by atomic mass is 35.5. The van der Waals surface area contributed by atoms with E-state index < -0.39 is 12.1 Å². The van der Waals surface area contributed by atoms with Crippen molar-refractivity contribution in [3.63, 3.8) is 0 Å². The quantitative estimate of drug-likeness (QED) is 0.722. The Bertz CT molecular complexity index is 840. The fourth-order valence-corrected chi connectivity index (χ4v) is 3.26. The lowest BCUT2D eigenvalue weighted by Crippen LogP contribution is -2.39. The molecule has 0 bridgehead atoms. The molecule has 1 heterocycles. The molecular weight excluding hydrogens is 377 g/mol. The summed E-state index contributed by atoms with van der Waals surface area (Å²) in [5, 5.41) is 0.762. The number of benzene rings is 2. The number of hydrogen-bond donors (Lipinski definition) is 0. The number of fused-ring (bicyclic) bond motifs is 1. The standard InChI is InChI=1S/C19H17Cl2NO4/c1-12(19(24)22-9-8-13-4-2-3-5-16(13)22)26-18(23)11-25-17-7-6-14(20)10-15(17)21/h2-7,10,12H,8-9,11H2,1H3/t12-/m1/s1. The van der Waals surface area contributed by atoms with Gasteiger partial charge in [-0.15, -0.1) is 0 Å². The van der Waals surface area contributed by atoms with Gasteiger partial charge in [0, 0.05) is 17.3 Å². The van der Waals surface area contributed by atoms with Crippen molar-refractivity contribution in [3.05, 3.63) is 58.1 Å². The maximum atomic E-state index is 12.6. The van der Waals surface area contributed by atoms with Gasteiger partial charge in [0.25, 0.3) is 5.91 Å². The largest absolute Gasteiger partial charge is 0.480 e. The minimum absolute atomic E-state index is 0.257. The molecule has 2 aromatic carbocycles. The summed E-state index contributed by atoms with van der Waals surface area (Å²) in [6.45, 7) is 1.78. The molecule has 1 amide bonds. The number of para-hydroxylation sites is 1. The molecule has 1 atom stereocenters. The number of amides is 1. The normalized spacial score (nSPS) is 13.9. The van der Waals surface area contributed by atoms with E-state index in [0.717, 1.165) is 17.7 Å². The first kappa shape index (κ1) is 18.5. The summed E-state index contributed by atoms with van der Waals surface area (Å²) in [7, 11) is 0. The molecule has 26 heavy (non-hydrogen) atoms. The predicted octanol–water partition coefficient (Wildman–Crippen LogP) is 3.89. The van der Waals surface area contributed by atoms with Crippen LogP contribution in [0.5, 0.6) is 5.75 Å². The first-order chi connectivity index (χ1) is 12.5. The molecule has 5 nitrogen and oxygen atoms in total. The van der Waals surface area contributed by atoms with Crippen LogP contribution in [-0.4, -0.2) is 31.1 Å². The van der Waals surface area contributed by atoms with Crippen LogP contribution in [0, 0.1) is 0 Å². The highest BCUT2D eigenvalue weighted by molar-refractivity contribution is 6.35. The number of hydrogen-bond acceptors (Lipinski definition) is 4. The van der Waals surface area contributed by atoms with Gasteiger partial charge in [-0.25, -0.2) is 4.79 Å². The summed E-state index contributed by atoms with van der Waals surface area (Å²) in [4.78, 5) is 26.2. The Morgan fingerprint density at radius 2 is 1.96 bits per heavy atom. The highest BCUT2D eigenvalue weighted by Crippen LogP contribution is 2.29. The van der Waals surface area contributed by atoms with Gasteiger partial charge in [-0.05, 0) is 43.2 Å². The Balaban J connectivity index is 1.55. The molecule has 1 aliphatic rings. The van der Waals surface area contributed by atoms with Crippen LogP contribution in [0.4, 0.5) is 5.69 Å². The monoisotopic (exact) mass is 393 g/mol. The summed E-state index contributed by atoms with van der Waals surface area (Å²) in [6, 6.07) is 12.4. The molecule has 2 aromatic rings. The number of nitrogens with zero attached hydrogens (tertiary/aromatic N) is 1. The predicted molar refractivity (Wildman–Crippen MR) is 100 cm³/mol. The van der Waals surface area contributed by atoms with Gasteiger partial charge in [-0.2, -0.15) is 0 Å². The third kappa shape index (κ3) is 4.11. The van der Waals surface area contributed by atoms with E-state index in [-0.39, 0.29) is 12.5 Å². The lowest BCUT2D eigenvalue weighted by molar-refractivity contribution is -0.155. The van der Waals surface area contributed by atoms with Gasteiger partial charge in [0.05, 0.1) is 5.02 Å². The summed E-state index contributed by atoms with van der Waals surface area (Å²) in [6.07, 6.45) is -0.112. The van der Waals surface area contributed by atoms with Gasteiger partial charge in [0.2, 0.25) is 0 Å². The third-order valence-electron chi connectivity index (χ3n) is 4.05. The number of carbonyl (C=O) groups excluding carboxylic acids is 2. The second-order valence-corrected chi connectivity index (χ2v) is 6.71. The van der Waals surface area contributed by atoms with E-state index in [9.17, 15) is 9.59 Å². The molecule has 0 aliphatic carbocycles. The second kappa shape index (κ2) is 7.98. The van der Waals surface area contributed by atoms with E-state index >= 15 is 0 Å². The van der Waals surface area contributed by atoms with Gasteiger partial charge < -0.3 is 14.4 Å². The van der Waals surface area contributed by atoms with E-state index in [2.05, 4.69) is 0 Å². The Hall–Kier alpha value is -2.24. The summed E-state index contributed by atoms with van der Waals surface area (Å²) < 4.78 is 10.5. The Morgan fingerprint density at radius 1 is 1.19 bits per heavy atom. The highest BCUT2D eigenvalue weighted by Gasteiger charge is 2.29. The number of esters is 1. The van der Waals surface area contributed by atoms with Crippen molar-refractivity contribution in [1.29, 1.82) is 0 Å². The van der Waals surface area contributed by atoms with E-state index in [4.69, 9.17) is 32.7 Å². The van der Waals surface area contributed by atoms with Crippen LogP contribution in [0.2, 0.25) is 10.0 Å². The minimum Gasteiger partial charge on any atom is -0.480 e. The summed E-state index contributed by atoms with van der Waals surface area (Å²) >= 11 is 11.8.